The minimum atomic E-state index is -1.91. The maximum Gasteiger partial charge on any atom is 0.343 e. The van der Waals surface area contributed by atoms with Crippen LogP contribution in [0.5, 0.6) is 5.75 Å². The molecule has 1 atom stereocenters. The van der Waals surface area contributed by atoms with Crippen LogP contribution in [-0.2, 0) is 39.5 Å². The van der Waals surface area contributed by atoms with Crippen molar-refractivity contribution < 1.29 is 24.2 Å². The molecule has 4 aromatic rings. The molecule has 1 N–H and O–H groups in total. The molecular weight excluding hydrogens is 472 g/mol. The third-order valence-electron chi connectivity index (χ3n) is 7.20. The van der Waals surface area contributed by atoms with Crippen LogP contribution >= 0.6 is 0 Å². The quantitative estimate of drug-likeness (QED) is 0.379. The van der Waals surface area contributed by atoms with Crippen LogP contribution in [0.4, 0.5) is 0 Å². The summed E-state index contributed by atoms with van der Waals surface area (Å²) in [6.07, 6.45) is 0.150. The summed E-state index contributed by atoms with van der Waals surface area (Å²) in [4.78, 5) is 43.8. The zero-order valence-corrected chi connectivity index (χ0v) is 20.4. The van der Waals surface area contributed by atoms with Crippen molar-refractivity contribution in [3.63, 3.8) is 0 Å². The second-order valence-corrected chi connectivity index (χ2v) is 9.53. The lowest BCUT2D eigenvalue weighted by Crippen LogP contribution is -2.44. The van der Waals surface area contributed by atoms with Gasteiger partial charge >= 0.3 is 11.9 Å². The minimum Gasteiger partial charge on any atom is -0.458 e. The molecular formula is C29H24N2O6. The van der Waals surface area contributed by atoms with Crippen LogP contribution in [0.3, 0.4) is 0 Å². The number of benzene rings is 2. The fourth-order valence-electron chi connectivity index (χ4n) is 5.19. The van der Waals surface area contributed by atoms with E-state index in [9.17, 15) is 19.5 Å². The maximum atomic E-state index is 13.5. The first-order chi connectivity index (χ1) is 17.8. The Balaban J connectivity index is 1.53. The summed E-state index contributed by atoms with van der Waals surface area (Å²) >= 11 is 0. The molecule has 0 saturated carbocycles. The minimum absolute atomic E-state index is 0.0569. The van der Waals surface area contributed by atoms with E-state index in [0.29, 0.717) is 33.6 Å². The number of rotatable bonds is 4. The second-order valence-electron chi connectivity index (χ2n) is 9.53. The number of fused-ring (bicyclic) bond motifs is 5. The average molecular weight is 497 g/mol. The number of aromatic nitrogens is 2. The highest BCUT2D eigenvalue weighted by Gasteiger charge is 2.45. The molecule has 186 valence electrons. The van der Waals surface area contributed by atoms with Crippen molar-refractivity contribution in [2.45, 2.75) is 45.4 Å². The largest absolute Gasteiger partial charge is 0.458 e. The van der Waals surface area contributed by atoms with Gasteiger partial charge in [0.2, 0.25) is 0 Å². The normalized spacial score (nSPS) is 17.6. The molecule has 0 unspecified atom stereocenters. The first-order valence-electron chi connectivity index (χ1n) is 12.1. The number of hydrogen-bond donors (Lipinski definition) is 1. The highest BCUT2D eigenvalue weighted by Crippen LogP contribution is 2.43. The fourth-order valence-corrected chi connectivity index (χ4v) is 5.19. The summed E-state index contributed by atoms with van der Waals surface area (Å²) in [6, 6.07) is 16.6. The van der Waals surface area contributed by atoms with Crippen LogP contribution in [0, 0.1) is 6.92 Å². The monoisotopic (exact) mass is 496 g/mol. The van der Waals surface area contributed by atoms with Crippen molar-refractivity contribution in [1.82, 2.24) is 9.55 Å². The molecule has 0 amide bonds. The molecule has 6 rings (SSSR count). The Morgan fingerprint density at radius 2 is 1.92 bits per heavy atom. The smallest absolute Gasteiger partial charge is 0.343 e. The molecule has 2 aromatic carbocycles. The van der Waals surface area contributed by atoms with Crippen LogP contribution in [0.2, 0.25) is 0 Å². The Kier molecular flexibility index (Phi) is 5.24. The van der Waals surface area contributed by atoms with E-state index >= 15 is 0 Å². The molecule has 0 fully saturated rings. The van der Waals surface area contributed by atoms with E-state index in [1.54, 1.807) is 13.0 Å². The first-order valence-corrected chi connectivity index (χ1v) is 12.1. The van der Waals surface area contributed by atoms with Gasteiger partial charge in [-0.2, -0.15) is 0 Å². The molecule has 8 heteroatoms. The number of nitrogens with zero attached hydrogens (tertiary/aromatic N) is 2. The molecule has 37 heavy (non-hydrogen) atoms. The predicted octanol–water partition coefficient (Wildman–Crippen LogP) is 3.54. The number of pyridine rings is 2. The summed E-state index contributed by atoms with van der Waals surface area (Å²) in [5.74, 6) is -0.837. The van der Waals surface area contributed by atoms with E-state index in [-0.39, 0.29) is 42.7 Å². The van der Waals surface area contributed by atoms with Crippen LogP contribution in [0.25, 0.3) is 22.3 Å². The van der Waals surface area contributed by atoms with Crippen molar-refractivity contribution in [1.29, 1.82) is 0 Å². The molecule has 2 aromatic heterocycles. The van der Waals surface area contributed by atoms with Crippen molar-refractivity contribution in [2.24, 2.45) is 0 Å². The second kappa shape index (κ2) is 8.38. The summed E-state index contributed by atoms with van der Waals surface area (Å²) in [7, 11) is 0. The van der Waals surface area contributed by atoms with Crippen molar-refractivity contribution in [3.8, 4) is 17.1 Å². The van der Waals surface area contributed by atoms with E-state index < -0.39 is 17.5 Å². The van der Waals surface area contributed by atoms with Gasteiger partial charge in [0.15, 0.2) is 5.60 Å². The number of carbonyl (C=O) groups is 2. The van der Waals surface area contributed by atoms with Gasteiger partial charge in [0.05, 0.1) is 35.4 Å². The Hall–Kier alpha value is -4.30. The summed E-state index contributed by atoms with van der Waals surface area (Å²) in [5.41, 5.74) is 2.15. The molecule has 2 aliphatic rings. The Morgan fingerprint density at radius 3 is 2.68 bits per heavy atom. The zero-order chi connectivity index (χ0) is 25.9. The number of esters is 2. The third-order valence-corrected chi connectivity index (χ3v) is 7.20. The van der Waals surface area contributed by atoms with Crippen LogP contribution in [0.1, 0.15) is 41.2 Å². The van der Waals surface area contributed by atoms with Gasteiger partial charge in [-0.1, -0.05) is 48.9 Å². The number of aliphatic hydroxyl groups is 1. The zero-order valence-electron chi connectivity index (χ0n) is 20.4. The standard InChI is InChI=1S/C29H24N2O6/c1-3-29(35)21-13-23-25-19(14-31(23)27(33)20(21)15-36-28(29)34)26(18-11-16(2)9-10-22(18)30-25)37-24(32)12-17-7-5-4-6-8-17/h4-11,13,35H,3,12,14-15H2,1-2H3/t29-/m0/s1. The summed E-state index contributed by atoms with van der Waals surface area (Å²) < 4.78 is 12.7. The third kappa shape index (κ3) is 3.55. The average Bonchev–Trinajstić information content (AvgIpc) is 3.26. The molecule has 0 radical (unpaired) electrons. The van der Waals surface area contributed by atoms with E-state index in [2.05, 4.69) is 0 Å². The molecule has 2 aliphatic heterocycles. The topological polar surface area (TPSA) is 108 Å². The van der Waals surface area contributed by atoms with Gasteiger partial charge in [-0.3, -0.25) is 9.59 Å². The summed E-state index contributed by atoms with van der Waals surface area (Å²) in [6.45, 7) is 3.53. The number of carbonyl (C=O) groups excluding carboxylic acids is 2. The molecule has 0 bridgehead atoms. The van der Waals surface area contributed by atoms with Gasteiger partial charge in [0, 0.05) is 16.5 Å². The van der Waals surface area contributed by atoms with E-state index in [0.717, 1.165) is 11.1 Å². The van der Waals surface area contributed by atoms with Gasteiger partial charge in [-0.25, -0.2) is 9.78 Å². The molecule has 0 aliphatic carbocycles. The number of ether oxygens (including phenoxy) is 2. The highest BCUT2D eigenvalue weighted by molar-refractivity contribution is 5.94. The highest BCUT2D eigenvalue weighted by atomic mass is 16.6. The molecule has 0 saturated heterocycles. The Bertz CT molecular complexity index is 1670. The molecule has 4 heterocycles. The predicted molar refractivity (Wildman–Crippen MR) is 135 cm³/mol. The van der Waals surface area contributed by atoms with Crippen molar-refractivity contribution in [3.05, 3.63) is 92.8 Å². The van der Waals surface area contributed by atoms with E-state index in [4.69, 9.17) is 14.5 Å². The van der Waals surface area contributed by atoms with Gasteiger partial charge in [0.1, 0.15) is 12.4 Å². The number of aryl methyl sites for hydroxylation is 1. The van der Waals surface area contributed by atoms with Crippen LogP contribution < -0.4 is 10.3 Å². The SMILES string of the molecule is CC[C@@]1(O)C(=O)OCc2c1cc1n(c2=O)Cc2c-1nc1ccc(C)cc1c2OC(=O)Cc1ccccc1. The molecule has 0 spiro atoms. The summed E-state index contributed by atoms with van der Waals surface area (Å²) in [5, 5.41) is 11.8. The number of cyclic esters (lactones) is 1. The van der Waals surface area contributed by atoms with E-state index in [1.165, 1.54) is 4.57 Å². The Morgan fingerprint density at radius 1 is 1.14 bits per heavy atom. The van der Waals surface area contributed by atoms with Gasteiger partial charge in [0.25, 0.3) is 5.56 Å². The van der Waals surface area contributed by atoms with E-state index in [1.807, 2.05) is 55.5 Å². The van der Waals surface area contributed by atoms with Gasteiger partial charge in [-0.05, 0) is 37.1 Å². The lowest BCUT2D eigenvalue weighted by atomic mass is 9.86. The van der Waals surface area contributed by atoms with Gasteiger partial charge in [-0.15, -0.1) is 0 Å². The lowest BCUT2D eigenvalue weighted by molar-refractivity contribution is -0.172. The maximum absolute atomic E-state index is 13.5. The van der Waals surface area contributed by atoms with Crippen LogP contribution in [-0.4, -0.2) is 26.6 Å². The lowest BCUT2D eigenvalue weighted by Gasteiger charge is -2.31. The van der Waals surface area contributed by atoms with Crippen molar-refractivity contribution >= 4 is 22.8 Å². The molecule has 8 nitrogen and oxygen atoms in total. The van der Waals surface area contributed by atoms with Crippen molar-refractivity contribution in [2.75, 3.05) is 0 Å². The Labute approximate surface area is 212 Å². The first kappa shape index (κ1) is 23.1. The fraction of sp³-hybridized carbons (Fsp3) is 0.241. The van der Waals surface area contributed by atoms with Gasteiger partial charge < -0.3 is 19.1 Å². The number of hydrogen-bond acceptors (Lipinski definition) is 7. The van der Waals surface area contributed by atoms with Crippen LogP contribution in [0.15, 0.2) is 59.4 Å².